The van der Waals surface area contributed by atoms with Crippen molar-refractivity contribution in [2.24, 2.45) is 11.3 Å². The molecular weight excluding hydrogens is 280 g/mol. The van der Waals surface area contributed by atoms with Crippen LogP contribution < -0.4 is 5.32 Å². The largest absolute Gasteiger partial charge is 0.373 e. The average molecular weight is 300 g/mol. The topological polar surface area (TPSA) is 60.5 Å². The maximum Gasteiger partial charge on any atom is 0.232 e. The van der Waals surface area contributed by atoms with Crippen LogP contribution in [0.5, 0.6) is 0 Å². The van der Waals surface area contributed by atoms with Crippen LogP contribution in [-0.4, -0.2) is 35.3 Å². The fourth-order valence-corrected chi connectivity index (χ4v) is 5.32. The lowest BCUT2D eigenvalue weighted by atomic mass is 9.59. The molecule has 5 rings (SSSR count). The number of nitrogens with one attached hydrogen (secondary N) is 1. The highest BCUT2D eigenvalue weighted by Crippen LogP contribution is 2.64. The highest BCUT2D eigenvalue weighted by atomic mass is 16.5. The Labute approximate surface area is 129 Å². The molecular formula is C17H20N2O3. The van der Waals surface area contributed by atoms with E-state index < -0.39 is 5.41 Å². The quantitative estimate of drug-likeness (QED) is 0.917. The van der Waals surface area contributed by atoms with Crippen molar-refractivity contribution < 1.29 is 14.3 Å². The smallest absolute Gasteiger partial charge is 0.232 e. The molecule has 0 aliphatic carbocycles. The Morgan fingerprint density at radius 1 is 1.18 bits per heavy atom. The number of amides is 1. The molecule has 2 unspecified atom stereocenters. The predicted octanol–water partition coefficient (Wildman–Crippen LogP) is 1.42. The summed E-state index contributed by atoms with van der Waals surface area (Å²) in [5.41, 5.74) is 0.442. The van der Waals surface area contributed by atoms with Gasteiger partial charge in [-0.2, -0.15) is 0 Å². The Balaban J connectivity index is 1.42. The number of carbonyl (C=O) groups excluding carboxylic acids is 1. The van der Waals surface area contributed by atoms with Crippen LogP contribution in [0.3, 0.4) is 0 Å². The van der Waals surface area contributed by atoms with Gasteiger partial charge in [0.2, 0.25) is 5.91 Å². The number of hydrogen-bond acceptors (Lipinski definition) is 4. The van der Waals surface area contributed by atoms with E-state index in [4.69, 9.17) is 9.47 Å². The first-order chi connectivity index (χ1) is 10.8. The summed E-state index contributed by atoms with van der Waals surface area (Å²) in [7, 11) is 0. The summed E-state index contributed by atoms with van der Waals surface area (Å²) < 4.78 is 12.3. The van der Waals surface area contributed by atoms with Gasteiger partial charge in [-0.15, -0.1) is 0 Å². The first-order valence-electron chi connectivity index (χ1n) is 8.29. The summed E-state index contributed by atoms with van der Waals surface area (Å²) >= 11 is 0. The molecule has 116 valence electrons. The lowest BCUT2D eigenvalue weighted by Gasteiger charge is -2.40. The standard InChI is InChI=1S/C17H20N2O3/c20-16(19-9-10-3-1-2-8-18-10)17-13-6-4-11(21-13)15(17)12-5-7-14(17)22-12/h1-3,8,11-15H,4-7,9H2,(H,19,20)/t11-,12+,13+,14-,15?,17?. The van der Waals surface area contributed by atoms with Gasteiger partial charge in [-0.25, -0.2) is 0 Å². The van der Waals surface area contributed by atoms with Gasteiger partial charge in [0, 0.05) is 12.1 Å². The van der Waals surface area contributed by atoms with Gasteiger partial charge >= 0.3 is 0 Å². The van der Waals surface area contributed by atoms with Crippen molar-refractivity contribution in [2.45, 2.75) is 56.6 Å². The zero-order valence-corrected chi connectivity index (χ0v) is 12.4. The molecule has 4 aliphatic rings. The summed E-state index contributed by atoms with van der Waals surface area (Å²) in [6.45, 7) is 0.475. The molecule has 4 fully saturated rings. The first-order valence-corrected chi connectivity index (χ1v) is 8.29. The van der Waals surface area contributed by atoms with E-state index in [2.05, 4.69) is 10.3 Å². The lowest BCUT2D eigenvalue weighted by molar-refractivity contribution is -0.140. The molecule has 1 aromatic heterocycles. The van der Waals surface area contributed by atoms with Crippen molar-refractivity contribution in [3.63, 3.8) is 0 Å². The fraction of sp³-hybridized carbons (Fsp3) is 0.647. The minimum atomic E-state index is -0.444. The molecule has 5 nitrogen and oxygen atoms in total. The predicted molar refractivity (Wildman–Crippen MR) is 77.8 cm³/mol. The Kier molecular flexibility index (Phi) is 2.68. The third-order valence-electron chi connectivity index (χ3n) is 6.07. The second-order valence-corrected chi connectivity index (χ2v) is 6.94. The Morgan fingerprint density at radius 2 is 1.91 bits per heavy atom. The van der Waals surface area contributed by atoms with Crippen molar-refractivity contribution in [1.29, 1.82) is 0 Å². The highest BCUT2D eigenvalue weighted by Gasteiger charge is 2.74. The summed E-state index contributed by atoms with van der Waals surface area (Å²) in [6.07, 6.45) is 6.43. The molecule has 4 bridgehead atoms. The fourth-order valence-electron chi connectivity index (χ4n) is 5.32. The molecule has 1 N–H and O–H groups in total. The van der Waals surface area contributed by atoms with Crippen LogP contribution in [0.25, 0.3) is 0 Å². The third kappa shape index (κ3) is 1.51. The van der Waals surface area contributed by atoms with Gasteiger partial charge in [-0.3, -0.25) is 9.78 Å². The molecule has 0 saturated carbocycles. The molecule has 5 heterocycles. The number of ether oxygens (including phenoxy) is 2. The minimum Gasteiger partial charge on any atom is -0.373 e. The molecule has 0 radical (unpaired) electrons. The zero-order valence-electron chi connectivity index (χ0n) is 12.4. The van der Waals surface area contributed by atoms with Crippen LogP contribution in [-0.2, 0) is 20.8 Å². The van der Waals surface area contributed by atoms with Crippen molar-refractivity contribution in [3.8, 4) is 0 Å². The molecule has 0 aromatic carbocycles. The van der Waals surface area contributed by atoms with Crippen LogP contribution in [0.4, 0.5) is 0 Å². The van der Waals surface area contributed by atoms with E-state index in [1.54, 1.807) is 6.20 Å². The number of hydrogen-bond donors (Lipinski definition) is 1. The number of rotatable bonds is 3. The van der Waals surface area contributed by atoms with Gasteiger partial charge in [0.05, 0.1) is 36.7 Å². The number of nitrogens with zero attached hydrogens (tertiary/aromatic N) is 1. The molecule has 4 saturated heterocycles. The zero-order chi connectivity index (χ0) is 14.7. The second-order valence-electron chi connectivity index (χ2n) is 6.94. The van der Waals surface area contributed by atoms with Crippen LogP contribution in [0.2, 0.25) is 0 Å². The molecule has 0 spiro atoms. The van der Waals surface area contributed by atoms with Gasteiger partial charge in [0.15, 0.2) is 0 Å². The van der Waals surface area contributed by atoms with E-state index in [0.717, 1.165) is 31.4 Å². The van der Waals surface area contributed by atoms with E-state index in [-0.39, 0.29) is 36.2 Å². The highest BCUT2D eigenvalue weighted by molar-refractivity contribution is 5.86. The van der Waals surface area contributed by atoms with Gasteiger partial charge in [-0.05, 0) is 37.8 Å². The van der Waals surface area contributed by atoms with Crippen LogP contribution in [0.1, 0.15) is 31.4 Å². The van der Waals surface area contributed by atoms with Gasteiger partial charge in [0.25, 0.3) is 0 Å². The third-order valence-corrected chi connectivity index (χ3v) is 6.07. The van der Waals surface area contributed by atoms with Crippen LogP contribution in [0, 0.1) is 11.3 Å². The Bertz CT molecular complexity index is 583. The lowest BCUT2D eigenvalue weighted by Crippen LogP contribution is -2.57. The summed E-state index contributed by atoms with van der Waals surface area (Å²) in [6, 6.07) is 5.76. The number of fused-ring (bicyclic) bond motifs is 9. The van der Waals surface area contributed by atoms with E-state index in [1.165, 1.54) is 0 Å². The van der Waals surface area contributed by atoms with Crippen molar-refractivity contribution >= 4 is 5.91 Å². The number of pyridine rings is 1. The molecule has 5 heteroatoms. The monoisotopic (exact) mass is 300 g/mol. The molecule has 4 aliphatic heterocycles. The van der Waals surface area contributed by atoms with E-state index in [0.29, 0.717) is 6.54 Å². The minimum absolute atomic E-state index is 0.0431. The summed E-state index contributed by atoms with van der Waals surface area (Å²) in [5, 5.41) is 3.11. The van der Waals surface area contributed by atoms with Crippen molar-refractivity contribution in [1.82, 2.24) is 10.3 Å². The summed E-state index contributed by atoms with van der Waals surface area (Å²) in [4.78, 5) is 17.4. The summed E-state index contributed by atoms with van der Waals surface area (Å²) in [5.74, 6) is 0.372. The van der Waals surface area contributed by atoms with E-state index >= 15 is 0 Å². The maximum absolute atomic E-state index is 13.1. The molecule has 1 amide bonds. The Hall–Kier alpha value is -1.46. The molecule has 6 atom stereocenters. The number of carbonyl (C=O) groups is 1. The average Bonchev–Trinajstić information content (AvgIpc) is 3.31. The van der Waals surface area contributed by atoms with Crippen LogP contribution >= 0.6 is 0 Å². The normalized spacial score (nSPS) is 44.3. The molecule has 1 aromatic rings. The van der Waals surface area contributed by atoms with Crippen molar-refractivity contribution in [2.75, 3.05) is 0 Å². The Morgan fingerprint density at radius 3 is 2.55 bits per heavy atom. The SMILES string of the molecule is O=C(NCc1ccccn1)C12C([C@@H]3CC[C@H]1O3)[C@H]1CC[C@@H]2O1. The van der Waals surface area contributed by atoms with Gasteiger partial charge < -0.3 is 14.8 Å². The van der Waals surface area contributed by atoms with E-state index in [1.807, 2.05) is 18.2 Å². The second kappa shape index (κ2) is 4.52. The van der Waals surface area contributed by atoms with Crippen LogP contribution in [0.15, 0.2) is 24.4 Å². The van der Waals surface area contributed by atoms with E-state index in [9.17, 15) is 4.79 Å². The molecule has 22 heavy (non-hydrogen) atoms. The van der Waals surface area contributed by atoms with Crippen molar-refractivity contribution in [3.05, 3.63) is 30.1 Å². The maximum atomic E-state index is 13.1. The van der Waals surface area contributed by atoms with Gasteiger partial charge in [0.1, 0.15) is 5.41 Å². The number of aromatic nitrogens is 1. The van der Waals surface area contributed by atoms with Gasteiger partial charge in [-0.1, -0.05) is 6.07 Å². The first kappa shape index (κ1) is 13.0.